The Morgan fingerprint density at radius 3 is 2.47 bits per heavy atom. The third kappa shape index (κ3) is 3.11. The quantitative estimate of drug-likeness (QED) is 0.436. The summed E-state index contributed by atoms with van der Waals surface area (Å²) in [6.45, 7) is -5.20. The second-order valence-electron chi connectivity index (χ2n) is 2.85. The van der Waals surface area contributed by atoms with Gasteiger partial charge >= 0.3 is 6.98 Å². The molecule has 0 aliphatic heterocycles. The van der Waals surface area contributed by atoms with Gasteiger partial charge in [-0.2, -0.15) is 0 Å². The van der Waals surface area contributed by atoms with Gasteiger partial charge in [-0.3, -0.25) is 14.9 Å². The summed E-state index contributed by atoms with van der Waals surface area (Å²) in [5.41, 5.74) is -1.46. The molecule has 0 saturated heterocycles. The van der Waals surface area contributed by atoms with Gasteiger partial charge in [-0.15, -0.1) is 0 Å². The Kier molecular flexibility index (Phi) is 2.82. The molecule has 0 atom stereocenters. The number of hydrogen-bond donors (Lipinski definition) is 0. The maximum absolute atomic E-state index is 12.0. The van der Waals surface area contributed by atoms with Crippen LogP contribution in [0.1, 0.15) is 0 Å². The Bertz CT molecular complexity index is 442. The number of hydrogen-bond acceptors (Lipinski definition) is 3. The summed E-state index contributed by atoms with van der Waals surface area (Å²) in [4.78, 5) is 20.3. The minimum absolute atomic E-state index is 0.276. The van der Waals surface area contributed by atoms with Crippen LogP contribution in [0.5, 0.6) is 0 Å². The largest absolute Gasteiger partial charge is 0.497 e. The zero-order chi connectivity index (χ0) is 11.6. The molecule has 1 aromatic heterocycles. The predicted octanol–water partition coefficient (Wildman–Crippen LogP) is 1.14. The van der Waals surface area contributed by atoms with Gasteiger partial charge in [0.05, 0.1) is 11.1 Å². The van der Waals surface area contributed by atoms with Crippen molar-refractivity contribution in [2.24, 2.45) is 0 Å². The lowest BCUT2D eigenvalue weighted by Gasteiger charge is -2.14. The maximum atomic E-state index is 12.0. The molecule has 5 nitrogen and oxygen atoms in total. The number of aromatic nitrogens is 1. The zero-order valence-electron chi connectivity index (χ0n) is 7.27. The van der Waals surface area contributed by atoms with Crippen LogP contribution in [0.4, 0.5) is 18.6 Å². The summed E-state index contributed by atoms with van der Waals surface area (Å²) >= 11 is 0. The Balaban J connectivity index is 3.12. The maximum Gasteiger partial charge on any atom is 0.497 e. The van der Waals surface area contributed by atoms with Crippen LogP contribution in [0.15, 0.2) is 23.1 Å². The van der Waals surface area contributed by atoms with E-state index in [9.17, 15) is 27.9 Å². The van der Waals surface area contributed by atoms with E-state index in [0.29, 0.717) is 6.20 Å². The molecule has 0 bridgehead atoms. The Morgan fingerprint density at radius 1 is 1.40 bits per heavy atom. The summed E-state index contributed by atoms with van der Waals surface area (Å²) in [5, 5.41) is 10.2. The summed E-state index contributed by atoms with van der Waals surface area (Å²) in [5.74, 6) is 0. The van der Waals surface area contributed by atoms with Crippen molar-refractivity contribution in [1.82, 2.24) is 4.57 Å². The SMILES string of the molecule is O=c1ccc([N+](=O)[O-])cn1C[B-](F)(F)F. The number of halogens is 3. The van der Waals surface area contributed by atoms with Gasteiger partial charge in [0.25, 0.3) is 5.69 Å². The van der Waals surface area contributed by atoms with Crippen LogP contribution >= 0.6 is 0 Å². The van der Waals surface area contributed by atoms with E-state index in [2.05, 4.69) is 0 Å². The van der Waals surface area contributed by atoms with E-state index in [0.717, 1.165) is 12.1 Å². The van der Waals surface area contributed by atoms with E-state index in [-0.39, 0.29) is 4.57 Å². The first-order valence-electron chi connectivity index (χ1n) is 3.85. The molecule has 0 N–H and O–H groups in total. The van der Waals surface area contributed by atoms with Gasteiger partial charge in [-0.25, -0.2) is 0 Å². The van der Waals surface area contributed by atoms with Crippen molar-refractivity contribution < 1.29 is 17.9 Å². The molecule has 0 aliphatic carbocycles. The molecule has 0 radical (unpaired) electrons. The monoisotopic (exact) mass is 221 g/mol. The standard InChI is InChI=1S/C6H5BF3N2O3/c8-7(9,10)4-11-3-5(12(14)15)1-2-6(11)13/h1-3H,4H2/q-1. The highest BCUT2D eigenvalue weighted by molar-refractivity contribution is 6.57. The number of rotatable bonds is 3. The minimum atomic E-state index is -5.20. The predicted molar refractivity (Wildman–Crippen MR) is 46.4 cm³/mol. The van der Waals surface area contributed by atoms with E-state index in [1.54, 1.807) is 0 Å². The molecule has 82 valence electrons. The fraction of sp³-hybridized carbons (Fsp3) is 0.167. The average molecular weight is 221 g/mol. The molecule has 1 rings (SSSR count). The first-order chi connectivity index (χ1) is 6.79. The molecule has 0 fully saturated rings. The number of pyridine rings is 1. The highest BCUT2D eigenvalue weighted by Gasteiger charge is 2.24. The molecule has 0 aromatic carbocycles. The van der Waals surface area contributed by atoms with E-state index < -0.39 is 29.6 Å². The van der Waals surface area contributed by atoms with Gasteiger partial charge in [0.1, 0.15) is 0 Å². The summed E-state index contributed by atoms with van der Waals surface area (Å²) in [6, 6.07) is 1.60. The van der Waals surface area contributed by atoms with Crippen molar-refractivity contribution in [3.05, 3.63) is 38.8 Å². The molecule has 1 heterocycles. The lowest BCUT2D eigenvalue weighted by molar-refractivity contribution is -0.385. The molecule has 1 aromatic rings. The van der Waals surface area contributed by atoms with Crippen LogP contribution in [-0.2, 0) is 6.44 Å². The number of nitrogens with zero attached hydrogens (tertiary/aromatic N) is 2. The van der Waals surface area contributed by atoms with E-state index in [4.69, 9.17) is 0 Å². The van der Waals surface area contributed by atoms with Crippen molar-refractivity contribution in [3.8, 4) is 0 Å². The minimum Gasteiger partial charge on any atom is -0.448 e. The van der Waals surface area contributed by atoms with Gasteiger partial charge in [0, 0.05) is 12.1 Å². The summed E-state index contributed by atoms with van der Waals surface area (Å²) < 4.78 is 36.2. The van der Waals surface area contributed by atoms with Crippen LogP contribution < -0.4 is 5.56 Å². The fourth-order valence-corrected chi connectivity index (χ4v) is 0.992. The zero-order valence-corrected chi connectivity index (χ0v) is 7.27. The van der Waals surface area contributed by atoms with Crippen LogP contribution in [0.3, 0.4) is 0 Å². The molecule has 15 heavy (non-hydrogen) atoms. The molecule has 0 saturated carbocycles. The van der Waals surface area contributed by atoms with Crippen molar-refractivity contribution in [2.45, 2.75) is 6.44 Å². The van der Waals surface area contributed by atoms with Crippen LogP contribution in [0, 0.1) is 10.1 Å². The third-order valence-corrected chi connectivity index (χ3v) is 1.58. The van der Waals surface area contributed by atoms with Gasteiger partial charge < -0.3 is 17.5 Å². The highest BCUT2D eigenvalue weighted by atomic mass is 19.4. The fourth-order valence-electron chi connectivity index (χ4n) is 0.992. The second kappa shape index (κ2) is 3.75. The Hall–Kier alpha value is -1.80. The van der Waals surface area contributed by atoms with Gasteiger partial charge in [-0.1, -0.05) is 0 Å². The summed E-state index contributed by atoms with van der Waals surface area (Å²) in [7, 11) is 0. The second-order valence-corrected chi connectivity index (χ2v) is 2.85. The van der Waals surface area contributed by atoms with Gasteiger partial charge in [-0.05, 0) is 6.44 Å². The van der Waals surface area contributed by atoms with Crippen molar-refractivity contribution in [2.75, 3.05) is 0 Å². The van der Waals surface area contributed by atoms with E-state index in [1.807, 2.05) is 0 Å². The first-order valence-corrected chi connectivity index (χ1v) is 3.85. The van der Waals surface area contributed by atoms with Gasteiger partial charge in [0.15, 0.2) is 0 Å². The third-order valence-electron chi connectivity index (χ3n) is 1.58. The topological polar surface area (TPSA) is 65.1 Å². The van der Waals surface area contributed by atoms with Crippen molar-refractivity contribution in [1.29, 1.82) is 0 Å². The molecular formula is C6H5BF3N2O3-. The van der Waals surface area contributed by atoms with Crippen molar-refractivity contribution >= 4 is 12.7 Å². The van der Waals surface area contributed by atoms with Crippen LogP contribution in [-0.4, -0.2) is 16.5 Å². The van der Waals surface area contributed by atoms with E-state index >= 15 is 0 Å². The van der Waals surface area contributed by atoms with E-state index in [1.165, 1.54) is 0 Å². The highest BCUT2D eigenvalue weighted by Crippen LogP contribution is 2.12. The van der Waals surface area contributed by atoms with Crippen LogP contribution in [0.2, 0.25) is 0 Å². The molecule has 0 amide bonds. The van der Waals surface area contributed by atoms with Crippen LogP contribution in [0.25, 0.3) is 0 Å². The molecule has 0 aliphatic rings. The van der Waals surface area contributed by atoms with Gasteiger partial charge in [0.2, 0.25) is 5.56 Å². The Morgan fingerprint density at radius 2 is 2.00 bits per heavy atom. The molecule has 9 heteroatoms. The Labute approximate surface area is 81.3 Å². The van der Waals surface area contributed by atoms with Crippen molar-refractivity contribution in [3.63, 3.8) is 0 Å². The normalized spacial score (nSPS) is 11.4. The molecule has 0 spiro atoms. The number of nitro groups is 1. The first kappa shape index (κ1) is 11.3. The lowest BCUT2D eigenvalue weighted by atomic mass is 9.92. The lowest BCUT2D eigenvalue weighted by Crippen LogP contribution is -2.31. The average Bonchev–Trinajstić information content (AvgIpc) is 2.06. The molecule has 0 unspecified atom stereocenters. The smallest absolute Gasteiger partial charge is 0.448 e. The molecular weight excluding hydrogens is 216 g/mol. The summed E-state index contributed by atoms with van der Waals surface area (Å²) in [6.07, 6.45) is -0.891.